The Bertz CT molecular complexity index is 1250. The number of aromatic amines is 1. The number of fused-ring (bicyclic) bond motifs is 1. The van der Waals surface area contributed by atoms with Crippen molar-refractivity contribution >= 4 is 15.7 Å². The maximum Gasteiger partial charge on any atom is 0.416 e. The first-order chi connectivity index (χ1) is 14.5. The Balaban J connectivity index is 1.56. The monoisotopic (exact) mass is 449 g/mol. The van der Waals surface area contributed by atoms with E-state index < -0.39 is 21.6 Å². The van der Waals surface area contributed by atoms with Crippen LogP contribution in [0.1, 0.15) is 27.2 Å². The summed E-state index contributed by atoms with van der Waals surface area (Å²) in [5.41, 5.74) is 2.72. The number of carbonyl (C=O) groups is 1. The zero-order chi connectivity index (χ0) is 22.4. The minimum absolute atomic E-state index is 0.0859. The number of sulfone groups is 1. The van der Waals surface area contributed by atoms with Crippen molar-refractivity contribution in [3.8, 4) is 11.1 Å². The molecule has 0 atom stereocenters. The zero-order valence-electron chi connectivity index (χ0n) is 16.4. The highest BCUT2D eigenvalue weighted by molar-refractivity contribution is 7.90. The summed E-state index contributed by atoms with van der Waals surface area (Å²) >= 11 is 0. The molecule has 0 radical (unpaired) electrons. The van der Waals surface area contributed by atoms with Gasteiger partial charge in [0.15, 0.2) is 0 Å². The van der Waals surface area contributed by atoms with Gasteiger partial charge in [0.05, 0.1) is 11.8 Å². The first-order valence-corrected chi connectivity index (χ1v) is 11.3. The SMILES string of the molecule is CS(=O)(=O)c1ncc(C(=O)N2CCc3ccc(-c4ccc(C(F)(F)F)cc4)cc3C2)[nH]1. The average Bonchev–Trinajstić information content (AvgIpc) is 3.23. The van der Waals surface area contributed by atoms with Crippen LogP contribution in [0.15, 0.2) is 53.8 Å². The minimum Gasteiger partial charge on any atom is -0.333 e. The molecule has 1 amide bonds. The third-order valence-corrected chi connectivity index (χ3v) is 6.10. The molecule has 6 nitrogen and oxygen atoms in total. The van der Waals surface area contributed by atoms with Gasteiger partial charge in [-0.15, -0.1) is 0 Å². The highest BCUT2D eigenvalue weighted by Gasteiger charge is 2.30. The van der Waals surface area contributed by atoms with Gasteiger partial charge in [-0.3, -0.25) is 4.79 Å². The predicted molar refractivity (Wildman–Crippen MR) is 107 cm³/mol. The highest BCUT2D eigenvalue weighted by Crippen LogP contribution is 2.32. The molecule has 1 aliphatic rings. The quantitative estimate of drug-likeness (QED) is 0.661. The second kappa shape index (κ2) is 7.52. The van der Waals surface area contributed by atoms with E-state index in [1.165, 1.54) is 18.3 Å². The van der Waals surface area contributed by atoms with E-state index >= 15 is 0 Å². The van der Waals surface area contributed by atoms with Gasteiger partial charge in [-0.1, -0.05) is 24.3 Å². The molecule has 0 fully saturated rings. The highest BCUT2D eigenvalue weighted by atomic mass is 32.2. The Morgan fingerprint density at radius 3 is 2.35 bits per heavy atom. The molecule has 0 unspecified atom stereocenters. The maximum absolute atomic E-state index is 12.8. The lowest BCUT2D eigenvalue weighted by atomic mass is 9.94. The number of imidazole rings is 1. The lowest BCUT2D eigenvalue weighted by Crippen LogP contribution is -2.36. The Hall–Kier alpha value is -3.14. The number of aromatic nitrogens is 2. The van der Waals surface area contributed by atoms with Crippen molar-refractivity contribution in [2.45, 2.75) is 24.3 Å². The summed E-state index contributed by atoms with van der Waals surface area (Å²) < 4.78 is 61.5. The van der Waals surface area contributed by atoms with Crippen LogP contribution >= 0.6 is 0 Å². The molecule has 3 aromatic rings. The average molecular weight is 449 g/mol. The number of nitrogens with one attached hydrogen (secondary N) is 1. The minimum atomic E-state index is -4.39. The normalized spacial score (nSPS) is 14.4. The van der Waals surface area contributed by atoms with Crippen molar-refractivity contribution in [1.29, 1.82) is 0 Å². The Morgan fingerprint density at radius 1 is 1.06 bits per heavy atom. The maximum atomic E-state index is 12.8. The largest absolute Gasteiger partial charge is 0.416 e. The van der Waals surface area contributed by atoms with Crippen LogP contribution in [0.25, 0.3) is 11.1 Å². The second-order valence-electron chi connectivity index (χ2n) is 7.41. The number of alkyl halides is 3. The number of hydrogen-bond donors (Lipinski definition) is 1. The zero-order valence-corrected chi connectivity index (χ0v) is 17.2. The Labute approximate surface area is 176 Å². The van der Waals surface area contributed by atoms with Crippen LogP contribution in [-0.2, 0) is 29.0 Å². The number of hydrogen-bond acceptors (Lipinski definition) is 4. The van der Waals surface area contributed by atoms with Gasteiger partial charge in [0.25, 0.3) is 5.91 Å². The summed E-state index contributed by atoms with van der Waals surface area (Å²) in [5.74, 6) is -0.368. The molecular formula is C21H18F3N3O3S. The van der Waals surface area contributed by atoms with Crippen LogP contribution in [0, 0.1) is 0 Å². The fourth-order valence-corrected chi connectivity index (χ4v) is 4.07. The molecule has 0 saturated carbocycles. The molecule has 0 spiro atoms. The smallest absolute Gasteiger partial charge is 0.333 e. The van der Waals surface area contributed by atoms with E-state index in [2.05, 4.69) is 9.97 Å². The van der Waals surface area contributed by atoms with E-state index in [9.17, 15) is 26.4 Å². The van der Waals surface area contributed by atoms with E-state index in [-0.39, 0.29) is 16.8 Å². The second-order valence-corrected chi connectivity index (χ2v) is 9.34. The number of halogens is 3. The van der Waals surface area contributed by atoms with E-state index in [0.29, 0.717) is 25.1 Å². The molecule has 0 bridgehead atoms. The van der Waals surface area contributed by atoms with Gasteiger partial charge in [-0.2, -0.15) is 13.2 Å². The number of benzene rings is 2. The summed E-state index contributed by atoms with van der Waals surface area (Å²) in [5, 5.41) is -0.266. The molecule has 1 N–H and O–H groups in total. The van der Waals surface area contributed by atoms with Crippen LogP contribution in [0.3, 0.4) is 0 Å². The fourth-order valence-electron chi connectivity index (χ4n) is 3.53. The summed E-state index contributed by atoms with van der Waals surface area (Å²) in [4.78, 5) is 20.7. The first kappa shape index (κ1) is 21.1. The van der Waals surface area contributed by atoms with Gasteiger partial charge in [-0.25, -0.2) is 13.4 Å². The van der Waals surface area contributed by atoms with E-state index in [1.54, 1.807) is 4.90 Å². The lowest BCUT2D eigenvalue weighted by Gasteiger charge is -2.29. The fraction of sp³-hybridized carbons (Fsp3) is 0.238. The number of H-pyrrole nitrogens is 1. The lowest BCUT2D eigenvalue weighted by molar-refractivity contribution is -0.137. The number of carbonyl (C=O) groups excluding carboxylic acids is 1. The molecule has 0 saturated heterocycles. The van der Waals surface area contributed by atoms with E-state index in [4.69, 9.17) is 0 Å². The van der Waals surface area contributed by atoms with Gasteiger partial charge >= 0.3 is 6.18 Å². The molecule has 162 valence electrons. The topological polar surface area (TPSA) is 83.1 Å². The van der Waals surface area contributed by atoms with Crippen molar-refractivity contribution in [3.05, 3.63) is 71.0 Å². The summed E-state index contributed by atoms with van der Waals surface area (Å²) in [6, 6.07) is 10.6. The molecule has 1 aromatic heterocycles. The predicted octanol–water partition coefficient (Wildman–Crippen LogP) is 3.70. The number of nitrogens with zero attached hydrogens (tertiary/aromatic N) is 2. The van der Waals surface area contributed by atoms with Gasteiger partial charge in [-0.05, 0) is 46.9 Å². The van der Waals surface area contributed by atoms with Crippen LogP contribution in [-0.4, -0.2) is 42.0 Å². The molecular weight excluding hydrogens is 431 g/mol. The van der Waals surface area contributed by atoms with Gasteiger partial charge in [0.1, 0.15) is 5.69 Å². The molecule has 10 heteroatoms. The van der Waals surface area contributed by atoms with Crippen molar-refractivity contribution in [1.82, 2.24) is 14.9 Å². The Kier molecular flexibility index (Phi) is 5.12. The third kappa shape index (κ3) is 4.34. The summed E-state index contributed by atoms with van der Waals surface area (Å²) in [7, 11) is -3.55. The van der Waals surface area contributed by atoms with Crippen molar-refractivity contribution in [2.24, 2.45) is 0 Å². The van der Waals surface area contributed by atoms with Crippen molar-refractivity contribution in [2.75, 3.05) is 12.8 Å². The number of rotatable bonds is 3. The van der Waals surface area contributed by atoms with Crippen LogP contribution < -0.4 is 0 Å². The van der Waals surface area contributed by atoms with E-state index in [1.807, 2.05) is 18.2 Å². The van der Waals surface area contributed by atoms with E-state index in [0.717, 1.165) is 35.1 Å². The molecule has 2 heterocycles. The Morgan fingerprint density at radius 2 is 1.74 bits per heavy atom. The molecule has 0 aliphatic carbocycles. The van der Waals surface area contributed by atoms with Crippen LogP contribution in [0.2, 0.25) is 0 Å². The third-order valence-electron chi connectivity index (χ3n) is 5.19. The summed E-state index contributed by atoms with van der Waals surface area (Å²) in [6.07, 6.45) is -1.58. The number of amides is 1. The van der Waals surface area contributed by atoms with Crippen LogP contribution in [0.4, 0.5) is 13.2 Å². The van der Waals surface area contributed by atoms with Gasteiger partial charge in [0.2, 0.25) is 15.0 Å². The summed E-state index contributed by atoms with van der Waals surface area (Å²) in [6.45, 7) is 0.758. The van der Waals surface area contributed by atoms with Gasteiger partial charge in [0, 0.05) is 19.3 Å². The van der Waals surface area contributed by atoms with Crippen LogP contribution in [0.5, 0.6) is 0 Å². The van der Waals surface area contributed by atoms with Crippen molar-refractivity contribution in [3.63, 3.8) is 0 Å². The first-order valence-electron chi connectivity index (χ1n) is 9.36. The van der Waals surface area contributed by atoms with Crippen molar-refractivity contribution < 1.29 is 26.4 Å². The molecule has 2 aromatic carbocycles. The molecule has 4 rings (SSSR count). The molecule has 31 heavy (non-hydrogen) atoms. The molecule has 1 aliphatic heterocycles. The van der Waals surface area contributed by atoms with Gasteiger partial charge < -0.3 is 9.88 Å². The standard InChI is InChI=1S/C21H18F3N3O3S/c1-31(29,30)20-25-11-18(26-20)19(28)27-9-8-14-2-3-15(10-16(14)12-27)13-4-6-17(7-5-13)21(22,23)24/h2-7,10-11H,8-9,12H2,1H3,(H,25,26).